The van der Waals surface area contributed by atoms with E-state index < -0.39 is 11.7 Å². The summed E-state index contributed by atoms with van der Waals surface area (Å²) >= 11 is 11.1. The van der Waals surface area contributed by atoms with E-state index in [2.05, 4.69) is 0 Å². The Hall–Kier alpha value is -1.85. The first kappa shape index (κ1) is 20.5. The number of rotatable bonds is 8. The lowest BCUT2D eigenvalue weighted by atomic mass is 10.1. The zero-order valence-corrected chi connectivity index (χ0v) is 15.2. The van der Waals surface area contributed by atoms with Crippen LogP contribution in [0.25, 0.3) is 0 Å². The molecule has 0 atom stereocenters. The lowest BCUT2D eigenvalue weighted by molar-refractivity contribution is -0.137. The smallest absolute Gasteiger partial charge is 0.416 e. The lowest BCUT2D eigenvalue weighted by Crippen LogP contribution is -2.05. The highest BCUT2D eigenvalue weighted by molar-refractivity contribution is 6.55. The summed E-state index contributed by atoms with van der Waals surface area (Å²) in [5.41, 5.74) is 0.183. The lowest BCUT2D eigenvalue weighted by Gasteiger charge is -2.12. The van der Waals surface area contributed by atoms with Gasteiger partial charge >= 0.3 is 6.18 Å². The first-order valence-electron chi connectivity index (χ1n) is 7.88. The Morgan fingerprint density at radius 2 is 1.54 bits per heavy atom. The third kappa shape index (κ3) is 6.81. The van der Waals surface area contributed by atoms with Crippen molar-refractivity contribution in [3.8, 4) is 11.5 Å². The van der Waals surface area contributed by atoms with Crippen molar-refractivity contribution in [1.82, 2.24) is 0 Å². The van der Waals surface area contributed by atoms with Crippen LogP contribution in [0.15, 0.2) is 59.1 Å². The molecule has 2 aromatic carbocycles. The van der Waals surface area contributed by atoms with Crippen molar-refractivity contribution in [2.24, 2.45) is 0 Å². The third-order valence-electron chi connectivity index (χ3n) is 3.47. The number of benzene rings is 2. The van der Waals surface area contributed by atoms with E-state index in [9.17, 15) is 13.2 Å². The van der Waals surface area contributed by atoms with Crippen LogP contribution in [0.1, 0.15) is 17.5 Å². The molecule has 2 rings (SSSR count). The quantitative estimate of drug-likeness (QED) is 0.472. The minimum Gasteiger partial charge on any atom is -0.490 e. The zero-order valence-electron chi connectivity index (χ0n) is 13.7. The van der Waals surface area contributed by atoms with Gasteiger partial charge in [-0.3, -0.25) is 0 Å². The van der Waals surface area contributed by atoms with Crippen LogP contribution in [0, 0.1) is 0 Å². The largest absolute Gasteiger partial charge is 0.490 e. The molecular weight excluding hydrogens is 388 g/mol. The number of hydrogen-bond acceptors (Lipinski definition) is 2. The normalized spacial score (nSPS) is 11.1. The highest BCUT2D eigenvalue weighted by Crippen LogP contribution is 2.29. The van der Waals surface area contributed by atoms with Gasteiger partial charge in [-0.05, 0) is 48.7 Å². The third-order valence-corrected chi connectivity index (χ3v) is 3.78. The average Bonchev–Trinajstić information content (AvgIpc) is 2.59. The molecule has 2 nitrogen and oxygen atoms in total. The standard InChI is InChI=1S/C19H17Cl2F3O2/c20-18(21)11-13-26-17-6-2-1-5-16(17)25-12-3-4-14-7-9-15(10-8-14)19(22,23)24/h1-2,5-11H,3-4,12-13H2. The van der Waals surface area contributed by atoms with Crippen LogP contribution < -0.4 is 9.47 Å². The molecule has 140 valence electrons. The Balaban J connectivity index is 1.82. The number of alkyl halides is 3. The number of hydrogen-bond donors (Lipinski definition) is 0. The summed E-state index contributed by atoms with van der Waals surface area (Å²) in [5, 5.41) is 0. The summed E-state index contributed by atoms with van der Waals surface area (Å²) in [4.78, 5) is 0. The Kier molecular flexibility index (Phi) is 7.66. The number of ether oxygens (including phenoxy) is 2. The van der Waals surface area contributed by atoms with Gasteiger partial charge in [-0.25, -0.2) is 0 Å². The summed E-state index contributed by atoms with van der Waals surface area (Å²) in [5.74, 6) is 1.15. The van der Waals surface area contributed by atoms with Crippen molar-refractivity contribution in [3.05, 3.63) is 70.2 Å². The fourth-order valence-corrected chi connectivity index (χ4v) is 2.33. The molecule has 0 aliphatic carbocycles. The molecule has 0 saturated heterocycles. The van der Waals surface area contributed by atoms with Crippen LogP contribution >= 0.6 is 23.2 Å². The van der Waals surface area contributed by atoms with E-state index in [0.717, 1.165) is 17.7 Å². The molecule has 0 aromatic heterocycles. The fourth-order valence-electron chi connectivity index (χ4n) is 2.20. The Labute approximate surface area is 160 Å². The monoisotopic (exact) mass is 404 g/mol. The molecule has 0 aliphatic heterocycles. The van der Waals surface area contributed by atoms with Crippen LogP contribution in [-0.4, -0.2) is 13.2 Å². The maximum atomic E-state index is 12.5. The number of halogens is 5. The minimum atomic E-state index is -4.31. The van der Waals surface area contributed by atoms with Gasteiger partial charge in [-0.2, -0.15) is 13.2 Å². The molecule has 0 spiro atoms. The van der Waals surface area contributed by atoms with Crippen molar-refractivity contribution in [3.63, 3.8) is 0 Å². The van der Waals surface area contributed by atoms with Crippen LogP contribution in [0.2, 0.25) is 0 Å². The van der Waals surface area contributed by atoms with E-state index in [-0.39, 0.29) is 11.1 Å². The van der Waals surface area contributed by atoms with Gasteiger partial charge in [0.25, 0.3) is 0 Å². The van der Waals surface area contributed by atoms with E-state index in [1.165, 1.54) is 18.2 Å². The van der Waals surface area contributed by atoms with Gasteiger partial charge in [0.1, 0.15) is 11.1 Å². The highest BCUT2D eigenvalue weighted by Gasteiger charge is 2.29. The Bertz CT molecular complexity index is 724. The molecule has 0 heterocycles. The zero-order chi connectivity index (χ0) is 19.0. The molecule has 0 unspecified atom stereocenters. The van der Waals surface area contributed by atoms with Gasteiger partial charge in [-0.1, -0.05) is 47.5 Å². The SMILES string of the molecule is FC(F)(F)c1ccc(CCCOc2ccccc2OCC=C(Cl)Cl)cc1. The predicted octanol–water partition coefficient (Wildman–Crippen LogP) is 6.41. The van der Waals surface area contributed by atoms with Gasteiger partial charge < -0.3 is 9.47 Å². The van der Waals surface area contributed by atoms with Gasteiger partial charge in [0, 0.05) is 0 Å². The van der Waals surface area contributed by atoms with Crippen LogP contribution in [0.4, 0.5) is 13.2 Å². The van der Waals surface area contributed by atoms with Gasteiger partial charge in [0.05, 0.1) is 12.2 Å². The molecule has 2 aromatic rings. The second-order valence-corrected chi connectivity index (χ2v) is 6.41. The first-order chi connectivity index (χ1) is 12.4. The molecule has 0 aliphatic rings. The second kappa shape index (κ2) is 9.74. The maximum Gasteiger partial charge on any atom is 0.416 e. The number of para-hydroxylation sites is 2. The number of aryl methyl sites for hydroxylation is 1. The van der Waals surface area contributed by atoms with E-state index in [4.69, 9.17) is 32.7 Å². The van der Waals surface area contributed by atoms with Crippen molar-refractivity contribution in [1.29, 1.82) is 0 Å². The second-order valence-electron chi connectivity index (χ2n) is 5.40. The summed E-state index contributed by atoms with van der Waals surface area (Å²) in [6.07, 6.45) is -1.52. The molecular formula is C19H17Cl2F3O2. The van der Waals surface area contributed by atoms with Crippen LogP contribution in [0.5, 0.6) is 11.5 Å². The average molecular weight is 405 g/mol. The van der Waals surface area contributed by atoms with E-state index in [0.29, 0.717) is 30.9 Å². The molecule has 26 heavy (non-hydrogen) atoms. The molecule has 0 bridgehead atoms. The summed E-state index contributed by atoms with van der Waals surface area (Å²) < 4.78 is 49.0. The maximum absolute atomic E-state index is 12.5. The van der Waals surface area contributed by atoms with Crippen molar-refractivity contribution >= 4 is 23.2 Å². The highest BCUT2D eigenvalue weighted by atomic mass is 35.5. The predicted molar refractivity (Wildman–Crippen MR) is 97.0 cm³/mol. The van der Waals surface area contributed by atoms with Crippen molar-refractivity contribution < 1.29 is 22.6 Å². The molecule has 0 N–H and O–H groups in total. The summed E-state index contributed by atoms with van der Waals surface area (Å²) in [6.45, 7) is 0.627. The molecule has 0 radical (unpaired) electrons. The van der Waals surface area contributed by atoms with Gasteiger partial charge in [-0.15, -0.1) is 0 Å². The fraction of sp³-hybridized carbons (Fsp3) is 0.263. The summed E-state index contributed by atoms with van der Waals surface area (Å²) in [6, 6.07) is 12.3. The van der Waals surface area contributed by atoms with Gasteiger partial charge in [0.2, 0.25) is 0 Å². The topological polar surface area (TPSA) is 18.5 Å². The first-order valence-corrected chi connectivity index (χ1v) is 8.64. The van der Waals surface area contributed by atoms with Crippen LogP contribution in [0.3, 0.4) is 0 Å². The minimum absolute atomic E-state index is 0.125. The molecule has 0 amide bonds. The Morgan fingerprint density at radius 3 is 2.12 bits per heavy atom. The molecule has 0 saturated carbocycles. The van der Waals surface area contributed by atoms with Crippen molar-refractivity contribution in [2.75, 3.05) is 13.2 Å². The Morgan fingerprint density at radius 1 is 0.923 bits per heavy atom. The van der Waals surface area contributed by atoms with E-state index in [1.54, 1.807) is 12.1 Å². The van der Waals surface area contributed by atoms with E-state index in [1.807, 2.05) is 12.1 Å². The summed E-state index contributed by atoms with van der Waals surface area (Å²) in [7, 11) is 0. The van der Waals surface area contributed by atoms with Crippen molar-refractivity contribution in [2.45, 2.75) is 19.0 Å². The van der Waals surface area contributed by atoms with Crippen LogP contribution in [-0.2, 0) is 12.6 Å². The van der Waals surface area contributed by atoms with Gasteiger partial charge in [0.15, 0.2) is 11.5 Å². The van der Waals surface area contributed by atoms with E-state index >= 15 is 0 Å². The molecule has 7 heteroatoms. The molecule has 0 fully saturated rings.